The van der Waals surface area contributed by atoms with Crippen molar-refractivity contribution in [3.05, 3.63) is 107 Å². The number of hydrogen-bond acceptors (Lipinski definition) is 4. The molecule has 0 aliphatic rings. The Morgan fingerprint density at radius 2 is 1.39 bits per heavy atom. The van der Waals surface area contributed by atoms with Gasteiger partial charge in [-0.05, 0) is 28.8 Å². The fourth-order valence-electron chi connectivity index (χ4n) is 2.97. The monoisotopic (exact) mass is 437 g/mol. The minimum atomic E-state index is -0.853. The lowest BCUT2D eigenvalue weighted by Crippen LogP contribution is -2.43. The molecule has 1 atom stereocenters. The molecule has 0 bridgehead atoms. The molecule has 31 heavy (non-hydrogen) atoms. The quantitative estimate of drug-likeness (QED) is 0.480. The molecule has 3 aromatic carbocycles. The number of carbonyl (C=O) groups is 2. The lowest BCUT2D eigenvalue weighted by atomic mass is 10.1. The van der Waals surface area contributed by atoms with Crippen LogP contribution in [0.15, 0.2) is 84.9 Å². The van der Waals surface area contributed by atoms with Crippen LogP contribution >= 0.6 is 11.6 Å². The Hall–Kier alpha value is -3.31. The third-order valence-electron chi connectivity index (χ3n) is 4.62. The molecule has 3 aromatic rings. The topological polar surface area (TPSA) is 64.6 Å². The molecule has 1 N–H and O–H groups in total. The molecule has 5 nitrogen and oxygen atoms in total. The van der Waals surface area contributed by atoms with Gasteiger partial charge in [-0.1, -0.05) is 84.4 Å². The average molecular weight is 438 g/mol. The Kier molecular flexibility index (Phi) is 8.49. The Morgan fingerprint density at radius 3 is 2.03 bits per heavy atom. The minimum absolute atomic E-state index is 0.137. The maximum atomic E-state index is 12.7. The number of hydrogen-bond donors (Lipinski definition) is 1. The fraction of sp³-hybridized carbons (Fsp3) is 0.200. The summed E-state index contributed by atoms with van der Waals surface area (Å²) in [5.41, 5.74) is 2.78. The van der Waals surface area contributed by atoms with Crippen LogP contribution in [-0.2, 0) is 33.7 Å². The van der Waals surface area contributed by atoms with Gasteiger partial charge in [0.25, 0.3) is 0 Å². The Morgan fingerprint density at radius 1 is 0.774 bits per heavy atom. The standard InChI is InChI=1S/C25H24ClNO4/c26-22-13-11-19(12-14-22)15-16-30-25(29)27-23(17-20-7-3-1-4-8-20)24(28)31-18-21-9-5-2-6-10-21/h1-14,23H,15-18H2,(H,27,29). The minimum Gasteiger partial charge on any atom is -0.459 e. The van der Waals surface area contributed by atoms with Gasteiger partial charge in [0.05, 0.1) is 6.61 Å². The third-order valence-corrected chi connectivity index (χ3v) is 4.87. The third kappa shape index (κ3) is 7.79. The van der Waals surface area contributed by atoms with Crippen LogP contribution in [0.2, 0.25) is 5.02 Å². The van der Waals surface area contributed by atoms with E-state index in [2.05, 4.69) is 5.32 Å². The van der Waals surface area contributed by atoms with E-state index in [4.69, 9.17) is 21.1 Å². The van der Waals surface area contributed by atoms with E-state index in [1.807, 2.05) is 72.8 Å². The SMILES string of the molecule is O=C(NC(Cc1ccccc1)C(=O)OCc1ccccc1)OCCc1ccc(Cl)cc1. The second kappa shape index (κ2) is 11.8. The van der Waals surface area contributed by atoms with E-state index in [0.29, 0.717) is 17.9 Å². The first-order chi connectivity index (χ1) is 15.1. The lowest BCUT2D eigenvalue weighted by molar-refractivity contribution is -0.147. The van der Waals surface area contributed by atoms with Gasteiger partial charge in [0.1, 0.15) is 12.6 Å². The number of amides is 1. The van der Waals surface area contributed by atoms with E-state index >= 15 is 0 Å². The average Bonchev–Trinajstić information content (AvgIpc) is 2.80. The van der Waals surface area contributed by atoms with Gasteiger partial charge in [0, 0.05) is 17.9 Å². The molecule has 0 spiro atoms. The molecule has 0 saturated heterocycles. The summed E-state index contributed by atoms with van der Waals surface area (Å²) in [5.74, 6) is -0.512. The van der Waals surface area contributed by atoms with Crippen molar-refractivity contribution in [3.8, 4) is 0 Å². The molecule has 160 valence electrons. The fourth-order valence-corrected chi connectivity index (χ4v) is 3.09. The van der Waals surface area contributed by atoms with E-state index in [0.717, 1.165) is 16.7 Å². The molecule has 1 amide bonds. The van der Waals surface area contributed by atoms with E-state index in [9.17, 15) is 9.59 Å². The molecular formula is C25H24ClNO4. The second-order valence-electron chi connectivity index (χ2n) is 6.99. The Balaban J connectivity index is 1.55. The Labute approximate surface area is 187 Å². The summed E-state index contributed by atoms with van der Waals surface area (Å²) in [6, 6.07) is 25.3. The van der Waals surface area contributed by atoms with Crippen LogP contribution in [0.5, 0.6) is 0 Å². The van der Waals surface area contributed by atoms with Gasteiger partial charge < -0.3 is 14.8 Å². The lowest BCUT2D eigenvalue weighted by Gasteiger charge is -2.18. The van der Waals surface area contributed by atoms with Crippen LogP contribution in [0.3, 0.4) is 0 Å². The van der Waals surface area contributed by atoms with Crippen LogP contribution in [0, 0.1) is 0 Å². The number of rotatable bonds is 9. The molecule has 0 heterocycles. The highest BCUT2D eigenvalue weighted by molar-refractivity contribution is 6.30. The zero-order chi connectivity index (χ0) is 21.9. The number of esters is 1. The predicted molar refractivity (Wildman–Crippen MR) is 120 cm³/mol. The number of halogens is 1. The molecule has 0 radical (unpaired) electrons. The van der Waals surface area contributed by atoms with E-state index < -0.39 is 18.1 Å². The molecule has 0 aliphatic carbocycles. The highest BCUT2D eigenvalue weighted by Gasteiger charge is 2.23. The van der Waals surface area contributed by atoms with E-state index in [-0.39, 0.29) is 13.2 Å². The summed E-state index contributed by atoms with van der Waals surface area (Å²) in [7, 11) is 0. The van der Waals surface area contributed by atoms with Crippen molar-refractivity contribution in [2.24, 2.45) is 0 Å². The highest BCUT2D eigenvalue weighted by atomic mass is 35.5. The van der Waals surface area contributed by atoms with E-state index in [1.165, 1.54) is 0 Å². The van der Waals surface area contributed by atoms with Crippen LogP contribution in [0.4, 0.5) is 4.79 Å². The van der Waals surface area contributed by atoms with Crippen molar-refractivity contribution in [1.82, 2.24) is 5.32 Å². The van der Waals surface area contributed by atoms with Gasteiger partial charge in [-0.25, -0.2) is 9.59 Å². The van der Waals surface area contributed by atoms with Crippen LogP contribution < -0.4 is 5.32 Å². The summed E-state index contributed by atoms with van der Waals surface area (Å²) in [6.07, 6.45) is 0.194. The van der Waals surface area contributed by atoms with Crippen molar-refractivity contribution in [3.63, 3.8) is 0 Å². The molecule has 0 aromatic heterocycles. The van der Waals surface area contributed by atoms with Crippen molar-refractivity contribution in [2.45, 2.75) is 25.5 Å². The van der Waals surface area contributed by atoms with Crippen LogP contribution in [0.1, 0.15) is 16.7 Å². The van der Waals surface area contributed by atoms with Gasteiger partial charge in [-0.15, -0.1) is 0 Å². The molecule has 0 saturated carbocycles. The Bertz CT molecular complexity index is 962. The van der Waals surface area contributed by atoms with Gasteiger partial charge >= 0.3 is 12.1 Å². The van der Waals surface area contributed by atoms with Gasteiger partial charge in [0.15, 0.2) is 0 Å². The number of benzene rings is 3. The number of ether oxygens (including phenoxy) is 2. The normalized spacial score (nSPS) is 11.4. The van der Waals surface area contributed by atoms with Gasteiger partial charge in [-0.3, -0.25) is 0 Å². The number of alkyl carbamates (subject to hydrolysis) is 1. The van der Waals surface area contributed by atoms with Crippen molar-refractivity contribution in [2.75, 3.05) is 6.61 Å². The summed E-state index contributed by atoms with van der Waals surface area (Å²) < 4.78 is 10.7. The van der Waals surface area contributed by atoms with E-state index in [1.54, 1.807) is 12.1 Å². The summed E-state index contributed by atoms with van der Waals surface area (Å²) in [4.78, 5) is 25.0. The second-order valence-corrected chi connectivity index (χ2v) is 7.43. The number of carbonyl (C=O) groups excluding carboxylic acids is 2. The molecule has 1 unspecified atom stereocenters. The molecule has 6 heteroatoms. The number of nitrogens with one attached hydrogen (secondary N) is 1. The van der Waals surface area contributed by atoms with Crippen LogP contribution in [-0.4, -0.2) is 24.7 Å². The largest absolute Gasteiger partial charge is 0.459 e. The molecule has 0 aliphatic heterocycles. The summed E-state index contributed by atoms with van der Waals surface area (Å²) in [6.45, 7) is 0.322. The molecule has 0 fully saturated rings. The van der Waals surface area contributed by atoms with Crippen molar-refractivity contribution in [1.29, 1.82) is 0 Å². The van der Waals surface area contributed by atoms with Gasteiger partial charge in [-0.2, -0.15) is 0 Å². The molecular weight excluding hydrogens is 414 g/mol. The highest BCUT2D eigenvalue weighted by Crippen LogP contribution is 2.10. The zero-order valence-corrected chi connectivity index (χ0v) is 17.8. The van der Waals surface area contributed by atoms with Gasteiger partial charge in [0.2, 0.25) is 0 Å². The molecule has 3 rings (SSSR count). The first kappa shape index (κ1) is 22.4. The first-order valence-electron chi connectivity index (χ1n) is 10.0. The summed E-state index contributed by atoms with van der Waals surface area (Å²) in [5, 5.41) is 3.29. The van der Waals surface area contributed by atoms with Crippen molar-refractivity contribution >= 4 is 23.7 Å². The first-order valence-corrected chi connectivity index (χ1v) is 10.4. The maximum absolute atomic E-state index is 12.7. The van der Waals surface area contributed by atoms with Crippen molar-refractivity contribution < 1.29 is 19.1 Å². The van der Waals surface area contributed by atoms with Crippen LogP contribution in [0.25, 0.3) is 0 Å². The maximum Gasteiger partial charge on any atom is 0.407 e. The smallest absolute Gasteiger partial charge is 0.407 e. The summed E-state index contributed by atoms with van der Waals surface area (Å²) >= 11 is 5.88. The zero-order valence-electron chi connectivity index (χ0n) is 17.0. The predicted octanol–water partition coefficient (Wildman–Crippen LogP) is 4.96.